The Labute approximate surface area is 112 Å². The van der Waals surface area contributed by atoms with Crippen LogP contribution in [0, 0.1) is 0 Å². The average Bonchev–Trinajstić information content (AvgIpc) is 2.83. The maximum atomic E-state index is 10.6. The molecule has 1 heterocycles. The average molecular weight is 258 g/mol. The van der Waals surface area contributed by atoms with Crippen LogP contribution in [0.25, 0.3) is 0 Å². The molecule has 0 unspecified atom stereocenters. The van der Waals surface area contributed by atoms with E-state index in [1.807, 2.05) is 35.3 Å². The lowest BCUT2D eigenvalue weighted by atomic mass is 10.2. The van der Waals surface area contributed by atoms with Gasteiger partial charge in [-0.25, -0.2) is 0 Å². The number of carbonyl (C=O) groups is 1. The largest absolute Gasteiger partial charge is 0.370 e. The third-order valence-corrected chi connectivity index (χ3v) is 2.75. The molecule has 1 amide bonds. The highest BCUT2D eigenvalue weighted by Crippen LogP contribution is 2.03. The molecule has 0 aliphatic carbocycles. The summed E-state index contributed by atoms with van der Waals surface area (Å²) < 4.78 is 1.90. The van der Waals surface area contributed by atoms with Crippen LogP contribution in [0.2, 0.25) is 0 Å². The Balaban J connectivity index is 1.80. The van der Waals surface area contributed by atoms with Gasteiger partial charge in [0.1, 0.15) is 0 Å². The summed E-state index contributed by atoms with van der Waals surface area (Å²) in [7, 11) is 0. The summed E-state index contributed by atoms with van der Waals surface area (Å²) in [5, 5.41) is 7.47. The lowest BCUT2D eigenvalue weighted by Gasteiger charge is -2.01. The highest BCUT2D eigenvalue weighted by atomic mass is 16.1. The summed E-state index contributed by atoms with van der Waals surface area (Å²) in [4.78, 5) is 10.6. The second-order valence-electron chi connectivity index (χ2n) is 4.42. The van der Waals surface area contributed by atoms with Gasteiger partial charge in [0.25, 0.3) is 0 Å². The minimum absolute atomic E-state index is 0.285. The molecule has 5 nitrogen and oxygen atoms in total. The number of hydrogen-bond donors (Lipinski definition) is 2. The van der Waals surface area contributed by atoms with Gasteiger partial charge < -0.3 is 11.1 Å². The number of primary amides is 1. The van der Waals surface area contributed by atoms with E-state index >= 15 is 0 Å². The maximum absolute atomic E-state index is 10.6. The molecular weight excluding hydrogens is 240 g/mol. The van der Waals surface area contributed by atoms with Gasteiger partial charge in [-0.3, -0.25) is 9.48 Å². The van der Waals surface area contributed by atoms with Crippen LogP contribution in [0.15, 0.2) is 42.7 Å². The monoisotopic (exact) mass is 258 g/mol. The zero-order chi connectivity index (χ0) is 13.5. The van der Waals surface area contributed by atoms with Crippen LogP contribution in [-0.2, 0) is 17.9 Å². The standard InChI is InChI=1S/C14H18N4O/c15-14(19)6-7-16-8-13-9-17-18(11-13)10-12-4-2-1-3-5-12/h1-5,9,11,16H,6-8,10H2,(H2,15,19). The van der Waals surface area contributed by atoms with E-state index < -0.39 is 0 Å². The normalized spacial score (nSPS) is 10.5. The topological polar surface area (TPSA) is 72.9 Å². The van der Waals surface area contributed by atoms with E-state index in [1.165, 1.54) is 5.56 Å². The molecule has 3 N–H and O–H groups in total. The van der Waals surface area contributed by atoms with E-state index in [4.69, 9.17) is 5.73 Å². The zero-order valence-corrected chi connectivity index (χ0v) is 10.7. The minimum atomic E-state index is -0.285. The SMILES string of the molecule is NC(=O)CCNCc1cnn(Cc2ccccc2)c1. The smallest absolute Gasteiger partial charge is 0.218 e. The van der Waals surface area contributed by atoms with Gasteiger partial charge in [-0.2, -0.15) is 5.10 Å². The zero-order valence-electron chi connectivity index (χ0n) is 10.7. The number of nitrogens with two attached hydrogens (primary N) is 1. The van der Waals surface area contributed by atoms with Crippen LogP contribution < -0.4 is 11.1 Å². The van der Waals surface area contributed by atoms with Gasteiger partial charge in [0.2, 0.25) is 5.91 Å². The maximum Gasteiger partial charge on any atom is 0.218 e. The van der Waals surface area contributed by atoms with Crippen molar-refractivity contribution in [2.45, 2.75) is 19.5 Å². The summed E-state index contributed by atoms with van der Waals surface area (Å²) in [6.07, 6.45) is 4.20. The Morgan fingerprint density at radius 2 is 2.05 bits per heavy atom. The molecule has 1 aromatic carbocycles. The molecule has 0 saturated carbocycles. The molecule has 2 aromatic rings. The molecule has 2 rings (SSSR count). The quantitative estimate of drug-likeness (QED) is 0.725. The van der Waals surface area contributed by atoms with Gasteiger partial charge in [-0.05, 0) is 5.56 Å². The summed E-state index contributed by atoms with van der Waals surface area (Å²) >= 11 is 0. The molecule has 5 heteroatoms. The van der Waals surface area contributed by atoms with E-state index in [2.05, 4.69) is 22.5 Å². The number of amides is 1. The van der Waals surface area contributed by atoms with Crippen molar-refractivity contribution in [1.29, 1.82) is 0 Å². The molecule has 0 radical (unpaired) electrons. The van der Waals surface area contributed by atoms with Gasteiger partial charge in [-0.1, -0.05) is 30.3 Å². The number of nitrogens with one attached hydrogen (secondary N) is 1. The highest BCUT2D eigenvalue weighted by molar-refractivity contribution is 5.73. The van der Waals surface area contributed by atoms with Gasteiger partial charge in [-0.15, -0.1) is 0 Å². The summed E-state index contributed by atoms with van der Waals surface area (Å²) in [5.74, 6) is -0.285. The van der Waals surface area contributed by atoms with Crippen LogP contribution in [0.3, 0.4) is 0 Å². The van der Waals surface area contributed by atoms with Crippen LogP contribution in [0.5, 0.6) is 0 Å². The molecule has 0 aliphatic heterocycles. The first-order valence-corrected chi connectivity index (χ1v) is 6.28. The molecule has 0 spiro atoms. The van der Waals surface area contributed by atoms with Crippen molar-refractivity contribution >= 4 is 5.91 Å². The predicted molar refractivity (Wildman–Crippen MR) is 73.3 cm³/mol. The van der Waals surface area contributed by atoms with Crippen molar-refractivity contribution < 1.29 is 4.79 Å². The molecule has 0 atom stereocenters. The molecule has 0 aliphatic rings. The van der Waals surface area contributed by atoms with Gasteiger partial charge in [0, 0.05) is 31.3 Å². The Morgan fingerprint density at radius 1 is 1.26 bits per heavy atom. The van der Waals surface area contributed by atoms with Crippen molar-refractivity contribution in [2.75, 3.05) is 6.54 Å². The van der Waals surface area contributed by atoms with Gasteiger partial charge in [0.15, 0.2) is 0 Å². The van der Waals surface area contributed by atoms with Gasteiger partial charge >= 0.3 is 0 Å². The van der Waals surface area contributed by atoms with Crippen LogP contribution in [0.4, 0.5) is 0 Å². The van der Waals surface area contributed by atoms with Crippen LogP contribution in [0.1, 0.15) is 17.5 Å². The highest BCUT2D eigenvalue weighted by Gasteiger charge is 2.00. The van der Waals surface area contributed by atoms with Crippen molar-refractivity contribution in [1.82, 2.24) is 15.1 Å². The third kappa shape index (κ3) is 4.56. The molecular formula is C14H18N4O. The van der Waals surface area contributed by atoms with Crippen molar-refractivity contribution in [3.63, 3.8) is 0 Å². The Hall–Kier alpha value is -2.14. The number of aromatic nitrogens is 2. The Morgan fingerprint density at radius 3 is 2.79 bits per heavy atom. The Kier molecular flexibility index (Phi) is 4.69. The van der Waals surface area contributed by atoms with Crippen molar-refractivity contribution in [2.24, 2.45) is 5.73 Å². The molecule has 1 aromatic heterocycles. The molecule has 0 bridgehead atoms. The fourth-order valence-electron chi connectivity index (χ4n) is 1.80. The second-order valence-corrected chi connectivity index (χ2v) is 4.42. The number of rotatable bonds is 7. The second kappa shape index (κ2) is 6.70. The first-order valence-electron chi connectivity index (χ1n) is 6.28. The van der Waals surface area contributed by atoms with Crippen LogP contribution in [-0.4, -0.2) is 22.2 Å². The number of nitrogens with zero attached hydrogens (tertiary/aromatic N) is 2. The summed E-state index contributed by atoms with van der Waals surface area (Å²) in [5.41, 5.74) is 7.39. The summed E-state index contributed by atoms with van der Waals surface area (Å²) in [6, 6.07) is 10.2. The van der Waals surface area contributed by atoms with E-state index in [0.717, 1.165) is 12.1 Å². The number of benzene rings is 1. The molecule has 100 valence electrons. The number of hydrogen-bond acceptors (Lipinski definition) is 3. The van der Waals surface area contributed by atoms with Crippen LogP contribution >= 0.6 is 0 Å². The van der Waals surface area contributed by atoms with Crippen molar-refractivity contribution in [3.05, 3.63) is 53.9 Å². The first kappa shape index (κ1) is 13.3. The lowest BCUT2D eigenvalue weighted by molar-refractivity contribution is -0.117. The molecule has 19 heavy (non-hydrogen) atoms. The summed E-state index contributed by atoms with van der Waals surface area (Å²) in [6.45, 7) is 2.06. The van der Waals surface area contributed by atoms with E-state index in [1.54, 1.807) is 0 Å². The fourth-order valence-corrected chi connectivity index (χ4v) is 1.80. The predicted octanol–water partition coefficient (Wildman–Crippen LogP) is 0.896. The van der Waals surface area contributed by atoms with E-state index in [9.17, 15) is 4.79 Å². The fraction of sp³-hybridized carbons (Fsp3) is 0.286. The molecule has 0 saturated heterocycles. The number of carbonyl (C=O) groups excluding carboxylic acids is 1. The molecule has 0 fully saturated rings. The third-order valence-electron chi connectivity index (χ3n) is 2.75. The van der Waals surface area contributed by atoms with Crippen molar-refractivity contribution in [3.8, 4) is 0 Å². The Bertz CT molecular complexity index is 521. The lowest BCUT2D eigenvalue weighted by Crippen LogP contribution is -2.21. The van der Waals surface area contributed by atoms with E-state index in [0.29, 0.717) is 19.5 Å². The minimum Gasteiger partial charge on any atom is -0.370 e. The first-order chi connectivity index (χ1) is 9.24. The van der Waals surface area contributed by atoms with Gasteiger partial charge in [0.05, 0.1) is 12.7 Å². The van der Waals surface area contributed by atoms with E-state index in [-0.39, 0.29) is 5.91 Å².